The molecule has 0 radical (unpaired) electrons. The van der Waals surface area contributed by atoms with E-state index in [2.05, 4.69) is 24.1 Å². The molecule has 0 saturated carbocycles. The quantitative estimate of drug-likeness (QED) is 0.651. The second-order valence-electron chi connectivity index (χ2n) is 5.77. The largest absolute Gasteiger partial charge is 0.356 e. The van der Waals surface area contributed by atoms with Crippen LogP contribution in [0.3, 0.4) is 0 Å². The van der Waals surface area contributed by atoms with Crippen LogP contribution in [0.25, 0.3) is 0 Å². The summed E-state index contributed by atoms with van der Waals surface area (Å²) in [4.78, 5) is 14.4. The van der Waals surface area contributed by atoms with Gasteiger partial charge in [0.25, 0.3) is 0 Å². The third-order valence-corrected chi connectivity index (χ3v) is 4.26. The summed E-state index contributed by atoms with van der Waals surface area (Å²) in [7, 11) is 0. The molecule has 0 aromatic rings. The zero-order valence-electron chi connectivity index (χ0n) is 12.9. The highest BCUT2D eigenvalue weighted by Gasteiger charge is 2.13. The van der Waals surface area contributed by atoms with Crippen LogP contribution in [0, 0.1) is 5.92 Å². The molecule has 1 heterocycles. The Hall–Kier alpha value is -0.570. The summed E-state index contributed by atoms with van der Waals surface area (Å²) in [6.45, 7) is 8.88. The predicted molar refractivity (Wildman–Crippen MR) is 81.2 cm³/mol. The number of hydrogen-bond acceptors (Lipinski definition) is 2. The van der Waals surface area contributed by atoms with Crippen LogP contribution in [0.1, 0.15) is 65.2 Å². The topological polar surface area (TPSA) is 32.3 Å². The second-order valence-corrected chi connectivity index (χ2v) is 5.77. The smallest absolute Gasteiger partial charge is 0.223 e. The van der Waals surface area contributed by atoms with Crippen molar-refractivity contribution < 1.29 is 4.79 Å². The van der Waals surface area contributed by atoms with E-state index >= 15 is 0 Å². The van der Waals surface area contributed by atoms with Gasteiger partial charge < -0.3 is 10.2 Å². The summed E-state index contributed by atoms with van der Waals surface area (Å²) in [5, 5.41) is 3.07. The monoisotopic (exact) mass is 268 g/mol. The van der Waals surface area contributed by atoms with Gasteiger partial charge in [0.05, 0.1) is 0 Å². The van der Waals surface area contributed by atoms with Gasteiger partial charge in [-0.2, -0.15) is 0 Å². The van der Waals surface area contributed by atoms with Gasteiger partial charge in [0.2, 0.25) is 5.91 Å². The Morgan fingerprint density at radius 3 is 2.37 bits per heavy atom. The van der Waals surface area contributed by atoms with Gasteiger partial charge in [0.1, 0.15) is 0 Å². The van der Waals surface area contributed by atoms with Crippen molar-refractivity contribution in [3.05, 3.63) is 0 Å². The van der Waals surface area contributed by atoms with Crippen LogP contribution >= 0.6 is 0 Å². The summed E-state index contributed by atoms with van der Waals surface area (Å²) in [6.07, 6.45) is 9.73. The van der Waals surface area contributed by atoms with Gasteiger partial charge in [0, 0.05) is 12.5 Å². The van der Waals surface area contributed by atoms with Crippen LogP contribution in [0.2, 0.25) is 0 Å². The van der Waals surface area contributed by atoms with E-state index in [1.54, 1.807) is 0 Å². The predicted octanol–water partition coefficient (Wildman–Crippen LogP) is 3.20. The van der Waals surface area contributed by atoms with Crippen molar-refractivity contribution in [2.75, 3.05) is 26.2 Å². The average Bonchev–Trinajstić information content (AvgIpc) is 2.45. The number of nitrogens with one attached hydrogen (secondary N) is 1. The summed E-state index contributed by atoms with van der Waals surface area (Å²) in [5.41, 5.74) is 0. The van der Waals surface area contributed by atoms with Crippen molar-refractivity contribution in [1.82, 2.24) is 10.2 Å². The molecule has 0 bridgehead atoms. The number of rotatable bonds is 9. The summed E-state index contributed by atoms with van der Waals surface area (Å²) < 4.78 is 0. The second kappa shape index (κ2) is 10.2. The fourth-order valence-electron chi connectivity index (χ4n) is 2.84. The summed E-state index contributed by atoms with van der Waals surface area (Å²) in [5.74, 6) is 0.467. The van der Waals surface area contributed by atoms with Gasteiger partial charge >= 0.3 is 0 Å². The maximum atomic E-state index is 11.8. The van der Waals surface area contributed by atoms with Gasteiger partial charge in [-0.1, -0.05) is 26.7 Å². The Labute approximate surface area is 119 Å². The van der Waals surface area contributed by atoms with Gasteiger partial charge in [0.15, 0.2) is 0 Å². The fraction of sp³-hybridized carbons (Fsp3) is 0.938. The number of carbonyl (C=O) groups is 1. The zero-order chi connectivity index (χ0) is 13.9. The Morgan fingerprint density at radius 1 is 1.05 bits per heavy atom. The van der Waals surface area contributed by atoms with Crippen LogP contribution < -0.4 is 5.32 Å². The Balaban J connectivity index is 1.94. The minimum atomic E-state index is 0.216. The molecule has 3 heteroatoms. The first kappa shape index (κ1) is 16.5. The molecule has 1 fully saturated rings. The molecule has 0 aromatic carbocycles. The standard InChI is InChI=1S/C16H32N2O/c1-3-15(4-2)16(19)17-11-7-5-8-12-18-13-9-6-10-14-18/h15H,3-14H2,1-2H3,(H,17,19). The Bertz CT molecular complexity index is 233. The lowest BCUT2D eigenvalue weighted by Gasteiger charge is -2.26. The molecule has 112 valence electrons. The molecule has 19 heavy (non-hydrogen) atoms. The van der Waals surface area contributed by atoms with E-state index in [-0.39, 0.29) is 11.8 Å². The first-order valence-electron chi connectivity index (χ1n) is 8.28. The number of hydrogen-bond donors (Lipinski definition) is 1. The van der Waals surface area contributed by atoms with Crippen molar-refractivity contribution in [1.29, 1.82) is 0 Å². The normalized spacial score (nSPS) is 16.8. The van der Waals surface area contributed by atoms with Crippen molar-refractivity contribution >= 4 is 5.91 Å². The molecule has 1 amide bonds. The number of nitrogens with zero attached hydrogens (tertiary/aromatic N) is 1. The van der Waals surface area contributed by atoms with Gasteiger partial charge in [-0.25, -0.2) is 0 Å². The van der Waals surface area contributed by atoms with E-state index in [1.165, 1.54) is 51.7 Å². The minimum Gasteiger partial charge on any atom is -0.356 e. The first-order chi connectivity index (χ1) is 9.27. The van der Waals surface area contributed by atoms with E-state index in [4.69, 9.17) is 0 Å². The highest BCUT2D eigenvalue weighted by atomic mass is 16.1. The molecule has 1 aliphatic rings. The molecule has 1 aliphatic heterocycles. The van der Waals surface area contributed by atoms with Crippen LogP contribution in [0.15, 0.2) is 0 Å². The molecule has 0 spiro atoms. The summed E-state index contributed by atoms with van der Waals surface area (Å²) in [6, 6.07) is 0. The van der Waals surface area contributed by atoms with Crippen molar-refractivity contribution in [2.45, 2.75) is 65.2 Å². The molecule has 3 nitrogen and oxygen atoms in total. The number of piperidine rings is 1. The maximum Gasteiger partial charge on any atom is 0.223 e. The van der Waals surface area contributed by atoms with E-state index in [0.29, 0.717) is 0 Å². The van der Waals surface area contributed by atoms with E-state index < -0.39 is 0 Å². The molecule has 1 rings (SSSR count). The average molecular weight is 268 g/mol. The molecule has 1 N–H and O–H groups in total. The van der Waals surface area contributed by atoms with Crippen molar-refractivity contribution in [3.8, 4) is 0 Å². The third-order valence-electron chi connectivity index (χ3n) is 4.26. The van der Waals surface area contributed by atoms with Crippen molar-refractivity contribution in [3.63, 3.8) is 0 Å². The lowest BCUT2D eigenvalue weighted by atomic mass is 10.0. The van der Waals surface area contributed by atoms with Crippen LogP contribution in [0.4, 0.5) is 0 Å². The number of unbranched alkanes of at least 4 members (excludes halogenated alkanes) is 2. The van der Waals surface area contributed by atoms with Gasteiger partial charge in [-0.15, -0.1) is 0 Å². The molecule has 1 saturated heterocycles. The Kier molecular flexibility index (Phi) is 8.89. The lowest BCUT2D eigenvalue weighted by Crippen LogP contribution is -2.31. The molecule has 0 atom stereocenters. The van der Waals surface area contributed by atoms with Crippen molar-refractivity contribution in [2.24, 2.45) is 5.92 Å². The highest BCUT2D eigenvalue weighted by molar-refractivity contribution is 5.78. The van der Waals surface area contributed by atoms with Gasteiger partial charge in [-0.05, 0) is 58.2 Å². The van der Waals surface area contributed by atoms with E-state index in [1.807, 2.05) is 0 Å². The molecule has 0 aliphatic carbocycles. The maximum absolute atomic E-state index is 11.8. The lowest BCUT2D eigenvalue weighted by molar-refractivity contribution is -0.125. The molecular formula is C16H32N2O. The van der Waals surface area contributed by atoms with E-state index in [0.717, 1.165) is 25.8 Å². The minimum absolute atomic E-state index is 0.216. The number of amides is 1. The van der Waals surface area contributed by atoms with Crippen LogP contribution in [0.5, 0.6) is 0 Å². The third kappa shape index (κ3) is 6.95. The Morgan fingerprint density at radius 2 is 1.74 bits per heavy atom. The number of likely N-dealkylation sites (tertiary alicyclic amines) is 1. The first-order valence-corrected chi connectivity index (χ1v) is 8.28. The fourth-order valence-corrected chi connectivity index (χ4v) is 2.84. The SMILES string of the molecule is CCC(CC)C(=O)NCCCCCN1CCCCC1. The van der Waals surface area contributed by atoms with E-state index in [9.17, 15) is 4.79 Å². The summed E-state index contributed by atoms with van der Waals surface area (Å²) >= 11 is 0. The highest BCUT2D eigenvalue weighted by Crippen LogP contribution is 2.10. The molecule has 0 aromatic heterocycles. The molecule has 0 unspecified atom stereocenters. The van der Waals surface area contributed by atoms with Gasteiger partial charge in [-0.3, -0.25) is 4.79 Å². The number of carbonyl (C=O) groups excluding carboxylic acids is 1. The zero-order valence-corrected chi connectivity index (χ0v) is 12.9. The molecular weight excluding hydrogens is 236 g/mol. The van der Waals surface area contributed by atoms with Crippen LogP contribution in [-0.4, -0.2) is 37.0 Å². The van der Waals surface area contributed by atoms with Crippen LogP contribution in [-0.2, 0) is 4.79 Å².